The van der Waals surface area contributed by atoms with Gasteiger partial charge in [-0.3, -0.25) is 9.69 Å². The molecular formula is C18H27NO3. The Bertz CT molecular complexity index is 489. The zero-order valence-corrected chi connectivity index (χ0v) is 13.9. The van der Waals surface area contributed by atoms with E-state index in [9.17, 15) is 4.79 Å². The number of benzene rings is 1. The van der Waals surface area contributed by atoms with E-state index in [0.29, 0.717) is 12.5 Å². The summed E-state index contributed by atoms with van der Waals surface area (Å²) in [6, 6.07) is 8.86. The molecule has 0 saturated carbocycles. The van der Waals surface area contributed by atoms with Crippen LogP contribution in [0.3, 0.4) is 0 Å². The molecule has 0 aliphatic carbocycles. The van der Waals surface area contributed by atoms with Crippen LogP contribution in [0, 0.1) is 6.92 Å². The first-order valence-electron chi connectivity index (χ1n) is 8.09. The molecule has 1 heterocycles. The molecule has 1 saturated heterocycles. The Morgan fingerprint density at radius 1 is 1.36 bits per heavy atom. The van der Waals surface area contributed by atoms with Crippen molar-refractivity contribution in [1.82, 2.24) is 4.90 Å². The third-order valence-corrected chi connectivity index (χ3v) is 4.40. The first kappa shape index (κ1) is 17.0. The van der Waals surface area contributed by atoms with Crippen molar-refractivity contribution in [2.24, 2.45) is 0 Å². The second-order valence-corrected chi connectivity index (χ2v) is 6.06. The van der Waals surface area contributed by atoms with Crippen LogP contribution in [0.2, 0.25) is 0 Å². The minimum absolute atomic E-state index is 0.118. The minimum Gasteiger partial charge on any atom is -0.469 e. The maximum absolute atomic E-state index is 11.1. The van der Waals surface area contributed by atoms with E-state index in [-0.39, 0.29) is 12.1 Å². The van der Waals surface area contributed by atoms with E-state index in [1.165, 1.54) is 18.2 Å². The van der Waals surface area contributed by atoms with Gasteiger partial charge in [0.05, 0.1) is 19.8 Å². The second-order valence-electron chi connectivity index (χ2n) is 6.06. The number of unbranched alkanes of at least 4 members (excludes halogenated alkanes) is 1. The van der Waals surface area contributed by atoms with Crippen molar-refractivity contribution in [2.45, 2.75) is 45.3 Å². The van der Waals surface area contributed by atoms with Crippen molar-refractivity contribution in [3.63, 3.8) is 0 Å². The number of aryl methyl sites for hydroxylation is 1. The van der Waals surface area contributed by atoms with E-state index < -0.39 is 0 Å². The molecule has 1 fully saturated rings. The van der Waals surface area contributed by atoms with E-state index in [0.717, 1.165) is 32.5 Å². The normalized spacial score (nSPS) is 22.5. The number of carbonyl (C=O) groups is 1. The van der Waals surface area contributed by atoms with Crippen LogP contribution in [0.4, 0.5) is 0 Å². The fraction of sp³-hybridized carbons (Fsp3) is 0.611. The van der Waals surface area contributed by atoms with Crippen molar-refractivity contribution in [2.75, 3.05) is 26.8 Å². The topological polar surface area (TPSA) is 38.8 Å². The van der Waals surface area contributed by atoms with Gasteiger partial charge in [0.25, 0.3) is 0 Å². The average molecular weight is 305 g/mol. The Labute approximate surface area is 133 Å². The molecule has 1 aliphatic heterocycles. The molecule has 122 valence electrons. The van der Waals surface area contributed by atoms with Gasteiger partial charge in [-0.05, 0) is 44.4 Å². The van der Waals surface area contributed by atoms with Crippen molar-refractivity contribution in [3.8, 4) is 0 Å². The Morgan fingerprint density at radius 3 is 2.86 bits per heavy atom. The fourth-order valence-electron chi connectivity index (χ4n) is 2.94. The highest BCUT2D eigenvalue weighted by Crippen LogP contribution is 2.27. The highest BCUT2D eigenvalue weighted by atomic mass is 16.5. The largest absolute Gasteiger partial charge is 0.469 e. The molecular weight excluding hydrogens is 278 g/mol. The smallest absolute Gasteiger partial charge is 0.305 e. The number of morpholine rings is 1. The van der Waals surface area contributed by atoms with Crippen LogP contribution in [0.25, 0.3) is 0 Å². The molecule has 22 heavy (non-hydrogen) atoms. The van der Waals surface area contributed by atoms with Crippen molar-refractivity contribution in [1.29, 1.82) is 0 Å². The van der Waals surface area contributed by atoms with Gasteiger partial charge in [-0.2, -0.15) is 0 Å². The quantitative estimate of drug-likeness (QED) is 0.598. The number of carbonyl (C=O) groups excluding carboxylic acids is 1. The maximum Gasteiger partial charge on any atom is 0.305 e. The number of hydrogen-bond acceptors (Lipinski definition) is 4. The zero-order chi connectivity index (χ0) is 15.9. The van der Waals surface area contributed by atoms with Gasteiger partial charge in [-0.15, -0.1) is 0 Å². The lowest BCUT2D eigenvalue weighted by atomic mass is 10.0. The highest BCUT2D eigenvalue weighted by Gasteiger charge is 2.27. The summed E-state index contributed by atoms with van der Waals surface area (Å²) in [6.45, 7) is 7.02. The number of hydrogen-bond donors (Lipinski definition) is 0. The number of nitrogens with zero attached hydrogens (tertiary/aromatic N) is 1. The predicted molar refractivity (Wildman–Crippen MR) is 86.8 cm³/mol. The summed E-state index contributed by atoms with van der Waals surface area (Å²) >= 11 is 0. The monoisotopic (exact) mass is 305 g/mol. The summed E-state index contributed by atoms with van der Waals surface area (Å²) in [7, 11) is 1.44. The Morgan fingerprint density at radius 2 is 2.14 bits per heavy atom. The summed E-state index contributed by atoms with van der Waals surface area (Å²) < 4.78 is 10.7. The van der Waals surface area contributed by atoms with Crippen LogP contribution >= 0.6 is 0 Å². The third kappa shape index (κ3) is 4.55. The van der Waals surface area contributed by atoms with Crippen LogP contribution in [0.1, 0.15) is 43.4 Å². The van der Waals surface area contributed by atoms with Gasteiger partial charge in [0.15, 0.2) is 0 Å². The third-order valence-electron chi connectivity index (χ3n) is 4.40. The van der Waals surface area contributed by atoms with Crippen molar-refractivity contribution >= 4 is 5.97 Å². The van der Waals surface area contributed by atoms with Gasteiger partial charge in [-0.25, -0.2) is 0 Å². The summed E-state index contributed by atoms with van der Waals surface area (Å²) in [5, 5.41) is 0. The van der Waals surface area contributed by atoms with Crippen LogP contribution in [0.15, 0.2) is 24.3 Å². The molecule has 0 spiro atoms. The fourth-order valence-corrected chi connectivity index (χ4v) is 2.94. The van der Waals surface area contributed by atoms with E-state index in [1.807, 2.05) is 0 Å². The molecule has 1 aliphatic rings. The molecule has 0 amide bonds. The molecule has 0 N–H and O–H groups in total. The van der Waals surface area contributed by atoms with E-state index in [1.54, 1.807) is 0 Å². The van der Waals surface area contributed by atoms with E-state index in [2.05, 4.69) is 47.7 Å². The minimum atomic E-state index is -0.118. The lowest BCUT2D eigenvalue weighted by molar-refractivity contribution is -0.140. The molecule has 4 heteroatoms. The zero-order valence-electron chi connectivity index (χ0n) is 13.9. The van der Waals surface area contributed by atoms with Crippen LogP contribution in [-0.2, 0) is 14.3 Å². The summed E-state index contributed by atoms with van der Waals surface area (Å²) in [4.78, 5) is 13.6. The summed E-state index contributed by atoms with van der Waals surface area (Å²) in [5.41, 5.74) is 2.57. The van der Waals surface area contributed by atoms with Gasteiger partial charge in [0.1, 0.15) is 0 Å². The van der Waals surface area contributed by atoms with Gasteiger partial charge in [0.2, 0.25) is 0 Å². The molecule has 0 aromatic heterocycles. The number of esters is 1. The average Bonchev–Trinajstić information content (AvgIpc) is 2.53. The van der Waals surface area contributed by atoms with Gasteiger partial charge in [0, 0.05) is 19.0 Å². The molecule has 2 atom stereocenters. The maximum atomic E-state index is 11.1. The number of rotatable bonds is 6. The molecule has 1 aromatic rings. The Balaban J connectivity index is 1.86. The summed E-state index contributed by atoms with van der Waals surface area (Å²) in [5.74, 6) is -0.118. The van der Waals surface area contributed by atoms with Crippen LogP contribution in [0.5, 0.6) is 0 Å². The van der Waals surface area contributed by atoms with E-state index in [4.69, 9.17) is 4.74 Å². The predicted octanol–water partition coefficient (Wildman–Crippen LogP) is 3.10. The lowest BCUT2D eigenvalue weighted by Gasteiger charge is -2.38. The molecule has 2 rings (SSSR count). The molecule has 0 radical (unpaired) electrons. The Kier molecular flexibility index (Phi) is 6.40. The summed E-state index contributed by atoms with van der Waals surface area (Å²) in [6.07, 6.45) is 2.56. The molecule has 1 aromatic carbocycles. The lowest BCUT2D eigenvalue weighted by Crippen LogP contribution is -2.45. The van der Waals surface area contributed by atoms with Crippen LogP contribution in [-0.4, -0.2) is 43.7 Å². The molecule has 2 unspecified atom stereocenters. The van der Waals surface area contributed by atoms with E-state index >= 15 is 0 Å². The Hall–Kier alpha value is -1.39. The highest BCUT2D eigenvalue weighted by molar-refractivity contribution is 5.68. The molecule has 0 bridgehead atoms. The van der Waals surface area contributed by atoms with Crippen LogP contribution < -0.4 is 0 Å². The molecule has 4 nitrogen and oxygen atoms in total. The SMILES string of the molecule is COC(=O)CCCCN1CC(c2ccccc2C)OCC1C. The first-order chi connectivity index (χ1) is 10.6. The standard InChI is InChI=1S/C18H27NO3/c1-14-8-4-5-9-16(14)17-12-19(15(2)13-22-17)11-7-6-10-18(20)21-3/h4-5,8-9,15,17H,6-7,10-13H2,1-3H3. The van der Waals surface area contributed by atoms with Gasteiger partial charge >= 0.3 is 5.97 Å². The number of methoxy groups -OCH3 is 1. The second kappa shape index (κ2) is 8.30. The van der Waals surface area contributed by atoms with Gasteiger partial charge < -0.3 is 9.47 Å². The van der Waals surface area contributed by atoms with Crippen molar-refractivity contribution < 1.29 is 14.3 Å². The number of ether oxygens (including phenoxy) is 2. The van der Waals surface area contributed by atoms with Gasteiger partial charge in [-0.1, -0.05) is 24.3 Å². The first-order valence-corrected chi connectivity index (χ1v) is 8.09. The van der Waals surface area contributed by atoms with Crippen molar-refractivity contribution in [3.05, 3.63) is 35.4 Å².